The van der Waals surface area contributed by atoms with Crippen molar-refractivity contribution in [3.05, 3.63) is 90.5 Å². The van der Waals surface area contributed by atoms with E-state index in [1.807, 2.05) is 13.0 Å². The van der Waals surface area contributed by atoms with E-state index in [-0.39, 0.29) is 5.69 Å². The summed E-state index contributed by atoms with van der Waals surface area (Å²) in [6, 6.07) is 16.7. The van der Waals surface area contributed by atoms with Crippen molar-refractivity contribution in [2.24, 2.45) is 0 Å². The third-order valence-electron chi connectivity index (χ3n) is 4.99. The van der Waals surface area contributed by atoms with Gasteiger partial charge in [0.2, 0.25) is 0 Å². The number of aryl methyl sites for hydroxylation is 1. The molecule has 0 aliphatic rings. The minimum atomic E-state index is -0.411. The van der Waals surface area contributed by atoms with Gasteiger partial charge in [0.25, 0.3) is 5.69 Å². The molecule has 0 radical (unpaired) electrons. The number of halogens is 1. The lowest BCUT2D eigenvalue weighted by atomic mass is 10.1. The summed E-state index contributed by atoms with van der Waals surface area (Å²) < 4.78 is 12.8. The Balaban J connectivity index is 1.75. The zero-order chi connectivity index (χ0) is 22.4. The molecule has 0 atom stereocenters. The SMILES string of the molecule is CCOc1cc(CNc2cccc(C)c2C)cc(I)c1OCc1ccc([N+](=O)[O-])cc1. The summed E-state index contributed by atoms with van der Waals surface area (Å²) in [5.41, 5.74) is 5.62. The average molecular weight is 532 g/mol. The van der Waals surface area contributed by atoms with Gasteiger partial charge in [-0.15, -0.1) is 0 Å². The van der Waals surface area contributed by atoms with E-state index in [0.717, 1.165) is 20.4 Å². The molecule has 0 saturated heterocycles. The number of hydrogen-bond donors (Lipinski definition) is 1. The molecular weight excluding hydrogens is 507 g/mol. The lowest BCUT2D eigenvalue weighted by Crippen LogP contribution is -2.05. The molecule has 0 fully saturated rings. The van der Waals surface area contributed by atoms with Crippen LogP contribution in [-0.2, 0) is 13.2 Å². The molecule has 31 heavy (non-hydrogen) atoms. The summed E-state index contributed by atoms with van der Waals surface area (Å²) >= 11 is 2.25. The molecule has 162 valence electrons. The number of hydrogen-bond acceptors (Lipinski definition) is 5. The second kappa shape index (κ2) is 10.5. The van der Waals surface area contributed by atoms with Crippen molar-refractivity contribution in [3.63, 3.8) is 0 Å². The van der Waals surface area contributed by atoms with Crippen LogP contribution in [-0.4, -0.2) is 11.5 Å². The highest BCUT2D eigenvalue weighted by Crippen LogP contribution is 2.35. The predicted molar refractivity (Wildman–Crippen MR) is 131 cm³/mol. The standard InChI is InChI=1S/C24H25IN2O4/c1-4-30-23-13-19(14-26-22-7-5-6-16(2)17(22)3)12-21(25)24(23)31-15-18-8-10-20(11-9-18)27(28)29/h5-13,26H,4,14-15H2,1-3H3. The first-order chi connectivity index (χ1) is 14.9. The number of nitrogens with one attached hydrogen (secondary N) is 1. The maximum atomic E-state index is 10.8. The minimum Gasteiger partial charge on any atom is -0.490 e. The summed E-state index contributed by atoms with van der Waals surface area (Å²) in [7, 11) is 0. The van der Waals surface area contributed by atoms with Crippen LogP contribution in [0.3, 0.4) is 0 Å². The molecule has 0 aromatic heterocycles. The fourth-order valence-electron chi connectivity index (χ4n) is 3.14. The van der Waals surface area contributed by atoms with E-state index < -0.39 is 4.92 Å². The van der Waals surface area contributed by atoms with Gasteiger partial charge in [-0.3, -0.25) is 10.1 Å². The Labute approximate surface area is 195 Å². The van der Waals surface area contributed by atoms with E-state index in [4.69, 9.17) is 9.47 Å². The largest absolute Gasteiger partial charge is 0.490 e. The van der Waals surface area contributed by atoms with Crippen LogP contribution in [0.25, 0.3) is 0 Å². The highest BCUT2D eigenvalue weighted by Gasteiger charge is 2.14. The van der Waals surface area contributed by atoms with Crippen LogP contribution >= 0.6 is 22.6 Å². The van der Waals surface area contributed by atoms with Crippen molar-refractivity contribution in [1.29, 1.82) is 0 Å². The van der Waals surface area contributed by atoms with E-state index in [1.165, 1.54) is 23.3 Å². The number of benzene rings is 3. The molecule has 0 spiro atoms. The van der Waals surface area contributed by atoms with Crippen molar-refractivity contribution < 1.29 is 14.4 Å². The van der Waals surface area contributed by atoms with Gasteiger partial charge in [0.1, 0.15) is 6.61 Å². The first-order valence-electron chi connectivity index (χ1n) is 10.0. The summed E-state index contributed by atoms with van der Waals surface area (Å²) in [5.74, 6) is 1.37. The van der Waals surface area contributed by atoms with E-state index >= 15 is 0 Å². The predicted octanol–water partition coefficient (Wildman–Crippen LogP) is 6.41. The van der Waals surface area contributed by atoms with Gasteiger partial charge in [-0.25, -0.2) is 0 Å². The van der Waals surface area contributed by atoms with Crippen LogP contribution in [0.5, 0.6) is 11.5 Å². The maximum Gasteiger partial charge on any atom is 0.269 e. The number of nitrogens with zero attached hydrogens (tertiary/aromatic N) is 1. The average Bonchev–Trinajstić information content (AvgIpc) is 2.74. The monoisotopic (exact) mass is 532 g/mol. The Hall–Kier alpha value is -2.81. The first kappa shape index (κ1) is 22.9. The molecule has 3 aromatic carbocycles. The van der Waals surface area contributed by atoms with Crippen molar-refractivity contribution in [2.75, 3.05) is 11.9 Å². The highest BCUT2D eigenvalue weighted by atomic mass is 127. The summed E-state index contributed by atoms with van der Waals surface area (Å²) in [6.45, 7) is 7.65. The maximum absolute atomic E-state index is 10.8. The van der Waals surface area contributed by atoms with Crippen LogP contribution in [0.4, 0.5) is 11.4 Å². The van der Waals surface area contributed by atoms with Crippen molar-refractivity contribution in [3.8, 4) is 11.5 Å². The Morgan fingerprint density at radius 1 is 1.03 bits per heavy atom. The molecule has 0 unspecified atom stereocenters. The normalized spacial score (nSPS) is 10.6. The van der Waals surface area contributed by atoms with E-state index in [2.05, 4.69) is 66.0 Å². The molecule has 6 nitrogen and oxygen atoms in total. The lowest BCUT2D eigenvalue weighted by Gasteiger charge is -2.17. The second-order valence-corrected chi connectivity index (χ2v) is 8.31. The number of non-ortho nitro benzene ring substituents is 1. The molecule has 0 bridgehead atoms. The van der Waals surface area contributed by atoms with Gasteiger partial charge in [0.15, 0.2) is 11.5 Å². The molecule has 0 aliphatic heterocycles. The first-order valence-corrected chi connectivity index (χ1v) is 11.1. The molecular formula is C24H25IN2O4. The fraction of sp³-hybridized carbons (Fsp3) is 0.250. The lowest BCUT2D eigenvalue weighted by molar-refractivity contribution is -0.384. The molecule has 0 heterocycles. The highest BCUT2D eigenvalue weighted by molar-refractivity contribution is 14.1. The quantitative estimate of drug-likeness (QED) is 0.196. The van der Waals surface area contributed by atoms with Gasteiger partial charge in [-0.1, -0.05) is 12.1 Å². The van der Waals surface area contributed by atoms with Crippen LogP contribution in [0, 0.1) is 27.5 Å². The third kappa shape index (κ3) is 5.88. The Bertz CT molecular complexity index is 1070. The van der Waals surface area contributed by atoms with Crippen molar-refractivity contribution in [1.82, 2.24) is 0 Å². The van der Waals surface area contributed by atoms with Crippen LogP contribution in [0.1, 0.15) is 29.2 Å². The second-order valence-electron chi connectivity index (χ2n) is 7.15. The van der Waals surface area contributed by atoms with E-state index in [0.29, 0.717) is 31.3 Å². The minimum absolute atomic E-state index is 0.0639. The smallest absolute Gasteiger partial charge is 0.269 e. The van der Waals surface area contributed by atoms with Gasteiger partial charge in [-0.2, -0.15) is 0 Å². The summed E-state index contributed by atoms with van der Waals surface area (Å²) in [6.07, 6.45) is 0. The van der Waals surface area contributed by atoms with E-state index in [9.17, 15) is 10.1 Å². The molecule has 3 rings (SSSR count). The molecule has 1 N–H and O–H groups in total. The number of rotatable bonds is 9. The number of ether oxygens (including phenoxy) is 2. The number of nitro groups is 1. The Morgan fingerprint density at radius 2 is 1.77 bits per heavy atom. The molecule has 7 heteroatoms. The van der Waals surface area contributed by atoms with Crippen LogP contribution < -0.4 is 14.8 Å². The molecule has 0 aliphatic carbocycles. The topological polar surface area (TPSA) is 73.6 Å². The Morgan fingerprint density at radius 3 is 2.45 bits per heavy atom. The number of nitro benzene ring substituents is 1. The Kier molecular flexibility index (Phi) is 7.73. The van der Waals surface area contributed by atoms with Gasteiger partial charge in [0, 0.05) is 24.4 Å². The molecule has 0 amide bonds. The van der Waals surface area contributed by atoms with Gasteiger partial charge in [0.05, 0.1) is 15.1 Å². The summed E-state index contributed by atoms with van der Waals surface area (Å²) in [4.78, 5) is 10.4. The van der Waals surface area contributed by atoms with Gasteiger partial charge in [-0.05, 0) is 95.9 Å². The van der Waals surface area contributed by atoms with Crippen molar-refractivity contribution >= 4 is 34.0 Å². The molecule has 0 saturated carbocycles. The van der Waals surface area contributed by atoms with Gasteiger partial charge < -0.3 is 14.8 Å². The van der Waals surface area contributed by atoms with Crippen molar-refractivity contribution in [2.45, 2.75) is 33.9 Å². The van der Waals surface area contributed by atoms with E-state index in [1.54, 1.807) is 12.1 Å². The van der Waals surface area contributed by atoms with Crippen LogP contribution in [0.2, 0.25) is 0 Å². The van der Waals surface area contributed by atoms with Crippen LogP contribution in [0.15, 0.2) is 54.6 Å². The zero-order valence-electron chi connectivity index (χ0n) is 17.8. The number of anilines is 1. The van der Waals surface area contributed by atoms with Gasteiger partial charge >= 0.3 is 0 Å². The zero-order valence-corrected chi connectivity index (χ0v) is 19.9. The fourth-order valence-corrected chi connectivity index (χ4v) is 3.96. The molecule has 3 aromatic rings. The summed E-state index contributed by atoms with van der Waals surface area (Å²) in [5, 5.41) is 14.3. The third-order valence-corrected chi connectivity index (χ3v) is 5.79.